The van der Waals surface area contributed by atoms with Crippen molar-refractivity contribution in [1.82, 2.24) is 4.98 Å². The van der Waals surface area contributed by atoms with Gasteiger partial charge in [-0.1, -0.05) is 17.7 Å². The van der Waals surface area contributed by atoms with Crippen LogP contribution in [0.2, 0.25) is 0 Å². The molecule has 0 unspecified atom stereocenters. The molecule has 6 nitrogen and oxygen atoms in total. The number of hydrogen-bond donors (Lipinski definition) is 2. The van der Waals surface area contributed by atoms with E-state index in [1.807, 2.05) is 31.2 Å². The molecule has 1 heterocycles. The predicted molar refractivity (Wildman–Crippen MR) is 91.5 cm³/mol. The van der Waals surface area contributed by atoms with Crippen LogP contribution in [0.3, 0.4) is 0 Å². The maximum Gasteiger partial charge on any atom is 0.300 e. The lowest BCUT2D eigenvalue weighted by atomic mass is 10.1. The first-order valence-corrected chi connectivity index (χ1v) is 7.35. The summed E-state index contributed by atoms with van der Waals surface area (Å²) in [5, 5.41) is 3.03. The number of primary amides is 1. The molecule has 1 aromatic heterocycles. The smallest absolute Gasteiger partial charge is 0.300 e. The first kappa shape index (κ1) is 15.6. The minimum Gasteiger partial charge on any atom is -0.497 e. The van der Waals surface area contributed by atoms with E-state index >= 15 is 0 Å². The average Bonchev–Trinajstić information content (AvgIpc) is 3.01. The highest BCUT2D eigenvalue weighted by Gasteiger charge is 2.19. The zero-order valence-corrected chi connectivity index (χ0v) is 13.4. The molecule has 0 aliphatic carbocycles. The van der Waals surface area contributed by atoms with Gasteiger partial charge in [0.25, 0.3) is 11.9 Å². The number of carbonyl (C=O) groups is 1. The van der Waals surface area contributed by atoms with Gasteiger partial charge in [0.1, 0.15) is 5.75 Å². The van der Waals surface area contributed by atoms with Crippen LogP contribution in [0.25, 0.3) is 11.3 Å². The number of benzene rings is 2. The molecule has 24 heavy (non-hydrogen) atoms. The van der Waals surface area contributed by atoms with Crippen LogP contribution in [0.1, 0.15) is 16.1 Å². The first-order chi connectivity index (χ1) is 11.6. The monoisotopic (exact) mass is 323 g/mol. The summed E-state index contributed by atoms with van der Waals surface area (Å²) in [5.74, 6) is 0.373. The maximum absolute atomic E-state index is 11.7. The number of anilines is 2. The molecule has 0 radical (unpaired) electrons. The van der Waals surface area contributed by atoms with Gasteiger partial charge in [-0.05, 0) is 43.3 Å². The Balaban J connectivity index is 1.95. The van der Waals surface area contributed by atoms with Gasteiger partial charge >= 0.3 is 0 Å². The van der Waals surface area contributed by atoms with Gasteiger partial charge in [0.15, 0.2) is 11.5 Å². The van der Waals surface area contributed by atoms with Gasteiger partial charge in [0.05, 0.1) is 7.11 Å². The second-order valence-corrected chi connectivity index (χ2v) is 5.28. The van der Waals surface area contributed by atoms with Gasteiger partial charge in [-0.2, -0.15) is 4.98 Å². The number of methoxy groups -OCH3 is 1. The normalized spacial score (nSPS) is 10.4. The van der Waals surface area contributed by atoms with Crippen LogP contribution in [0.15, 0.2) is 52.9 Å². The molecule has 0 atom stereocenters. The lowest BCUT2D eigenvalue weighted by molar-refractivity contribution is 0.0996. The van der Waals surface area contributed by atoms with E-state index in [2.05, 4.69) is 10.3 Å². The van der Waals surface area contributed by atoms with Crippen LogP contribution in [0, 0.1) is 6.92 Å². The van der Waals surface area contributed by atoms with Crippen LogP contribution in [-0.2, 0) is 0 Å². The summed E-state index contributed by atoms with van der Waals surface area (Å²) < 4.78 is 10.8. The molecule has 1 amide bonds. The molecule has 0 saturated heterocycles. The fraction of sp³-hybridized carbons (Fsp3) is 0.111. The number of rotatable bonds is 5. The van der Waals surface area contributed by atoms with E-state index in [1.165, 1.54) is 0 Å². The highest BCUT2D eigenvalue weighted by molar-refractivity contribution is 5.97. The molecule has 6 heteroatoms. The van der Waals surface area contributed by atoms with Crippen molar-refractivity contribution >= 4 is 17.6 Å². The van der Waals surface area contributed by atoms with E-state index in [4.69, 9.17) is 14.9 Å². The number of hydrogen-bond acceptors (Lipinski definition) is 5. The summed E-state index contributed by atoms with van der Waals surface area (Å²) >= 11 is 0. The summed E-state index contributed by atoms with van der Waals surface area (Å²) in [4.78, 5) is 15.8. The SMILES string of the molecule is COc1ccc(-c2oc(Nc3ccc(C)cc3)nc2C(N)=O)cc1. The molecular formula is C18H17N3O3. The van der Waals surface area contributed by atoms with E-state index in [1.54, 1.807) is 31.4 Å². The van der Waals surface area contributed by atoms with Gasteiger partial charge in [0, 0.05) is 11.3 Å². The van der Waals surface area contributed by atoms with Crippen molar-refractivity contribution < 1.29 is 13.9 Å². The van der Waals surface area contributed by atoms with Crippen molar-refractivity contribution in [2.24, 2.45) is 5.73 Å². The zero-order chi connectivity index (χ0) is 17.1. The third-order valence-corrected chi connectivity index (χ3v) is 3.52. The Kier molecular flexibility index (Phi) is 4.20. The summed E-state index contributed by atoms with van der Waals surface area (Å²) in [6, 6.07) is 15.0. The van der Waals surface area contributed by atoms with E-state index in [0.717, 1.165) is 11.3 Å². The van der Waals surface area contributed by atoms with Crippen molar-refractivity contribution in [1.29, 1.82) is 0 Å². The second kappa shape index (κ2) is 6.45. The van der Waals surface area contributed by atoms with Gasteiger partial charge in [-0.15, -0.1) is 0 Å². The van der Waals surface area contributed by atoms with Crippen LogP contribution in [0.4, 0.5) is 11.7 Å². The van der Waals surface area contributed by atoms with Crippen LogP contribution >= 0.6 is 0 Å². The largest absolute Gasteiger partial charge is 0.497 e. The Morgan fingerprint density at radius 1 is 1.12 bits per heavy atom. The molecular weight excluding hydrogens is 306 g/mol. The number of nitrogens with zero attached hydrogens (tertiary/aromatic N) is 1. The Morgan fingerprint density at radius 2 is 1.79 bits per heavy atom. The number of nitrogens with two attached hydrogens (primary N) is 1. The molecule has 3 N–H and O–H groups in total. The summed E-state index contributed by atoms with van der Waals surface area (Å²) in [6.45, 7) is 2.00. The maximum atomic E-state index is 11.7. The minimum atomic E-state index is -0.651. The number of nitrogens with one attached hydrogen (secondary N) is 1. The van der Waals surface area contributed by atoms with E-state index in [9.17, 15) is 4.79 Å². The molecule has 3 aromatic rings. The van der Waals surface area contributed by atoms with E-state index in [0.29, 0.717) is 17.1 Å². The lowest BCUT2D eigenvalue weighted by Gasteiger charge is -2.02. The molecule has 122 valence electrons. The standard InChI is InChI=1S/C18H17N3O3/c1-11-3-7-13(8-4-11)20-18-21-15(17(19)22)16(24-18)12-5-9-14(23-2)10-6-12/h3-10H,1-2H3,(H2,19,22)(H,20,21). The van der Waals surface area contributed by atoms with Crippen LogP contribution < -0.4 is 15.8 Å². The molecule has 0 aliphatic rings. The first-order valence-electron chi connectivity index (χ1n) is 7.35. The Hall–Kier alpha value is -3.28. The molecule has 2 aromatic carbocycles. The van der Waals surface area contributed by atoms with Crippen molar-refractivity contribution in [2.45, 2.75) is 6.92 Å². The molecule has 0 saturated carbocycles. The quantitative estimate of drug-likeness (QED) is 0.750. The molecule has 0 spiro atoms. The number of oxazole rings is 1. The molecule has 0 aliphatic heterocycles. The number of amides is 1. The third-order valence-electron chi connectivity index (χ3n) is 3.52. The summed E-state index contributed by atoms with van der Waals surface area (Å²) in [7, 11) is 1.59. The van der Waals surface area contributed by atoms with Crippen LogP contribution in [-0.4, -0.2) is 18.0 Å². The van der Waals surface area contributed by atoms with E-state index < -0.39 is 5.91 Å². The van der Waals surface area contributed by atoms with Crippen molar-refractivity contribution in [2.75, 3.05) is 12.4 Å². The van der Waals surface area contributed by atoms with Crippen molar-refractivity contribution in [3.8, 4) is 17.1 Å². The lowest BCUT2D eigenvalue weighted by Crippen LogP contribution is -2.12. The van der Waals surface area contributed by atoms with Gasteiger partial charge in [0.2, 0.25) is 0 Å². The van der Waals surface area contributed by atoms with Crippen molar-refractivity contribution in [3.05, 3.63) is 59.8 Å². The number of ether oxygens (including phenoxy) is 1. The predicted octanol–water partition coefficient (Wildman–Crippen LogP) is 3.50. The Bertz CT molecular complexity index is 852. The fourth-order valence-corrected chi connectivity index (χ4v) is 2.24. The fourth-order valence-electron chi connectivity index (χ4n) is 2.24. The molecule has 0 bridgehead atoms. The summed E-state index contributed by atoms with van der Waals surface area (Å²) in [6.07, 6.45) is 0. The number of aryl methyl sites for hydroxylation is 1. The molecule has 3 rings (SSSR count). The Labute approximate surface area is 139 Å². The molecule has 0 fully saturated rings. The van der Waals surface area contributed by atoms with Crippen molar-refractivity contribution in [3.63, 3.8) is 0 Å². The Morgan fingerprint density at radius 3 is 2.38 bits per heavy atom. The van der Waals surface area contributed by atoms with Gasteiger partial charge in [-0.25, -0.2) is 0 Å². The highest BCUT2D eigenvalue weighted by atomic mass is 16.5. The minimum absolute atomic E-state index is 0.0785. The van der Waals surface area contributed by atoms with E-state index in [-0.39, 0.29) is 11.7 Å². The number of carbonyl (C=O) groups excluding carboxylic acids is 1. The van der Waals surface area contributed by atoms with Crippen LogP contribution in [0.5, 0.6) is 5.75 Å². The van der Waals surface area contributed by atoms with Gasteiger partial charge in [-0.3, -0.25) is 4.79 Å². The third kappa shape index (κ3) is 3.22. The highest BCUT2D eigenvalue weighted by Crippen LogP contribution is 2.29. The average molecular weight is 323 g/mol. The zero-order valence-electron chi connectivity index (χ0n) is 13.4. The van der Waals surface area contributed by atoms with Gasteiger partial charge < -0.3 is 20.2 Å². The summed E-state index contributed by atoms with van der Waals surface area (Å²) in [5.41, 5.74) is 8.14. The number of aromatic nitrogens is 1. The second-order valence-electron chi connectivity index (χ2n) is 5.28. The topological polar surface area (TPSA) is 90.4 Å².